The third-order valence-electron chi connectivity index (χ3n) is 4.53. The number of rotatable bonds is 4. The van der Waals surface area contributed by atoms with E-state index >= 15 is 0 Å². The van der Waals surface area contributed by atoms with Gasteiger partial charge in [0.15, 0.2) is 0 Å². The molecule has 0 aliphatic heterocycles. The zero-order valence-corrected chi connectivity index (χ0v) is 11.5. The van der Waals surface area contributed by atoms with Crippen molar-refractivity contribution < 1.29 is 4.79 Å². The maximum absolute atomic E-state index is 12.4. The molecule has 0 spiro atoms. The van der Waals surface area contributed by atoms with Gasteiger partial charge in [-0.3, -0.25) is 4.79 Å². The Morgan fingerprint density at radius 3 is 2.32 bits per heavy atom. The third kappa shape index (κ3) is 3.17. The van der Waals surface area contributed by atoms with Crippen molar-refractivity contribution in [1.29, 1.82) is 0 Å². The first-order chi connectivity index (χ1) is 9.34. The molecule has 2 aliphatic carbocycles. The first-order valence-corrected chi connectivity index (χ1v) is 7.70. The van der Waals surface area contributed by atoms with Gasteiger partial charge in [0.1, 0.15) is 0 Å². The molecule has 0 heterocycles. The minimum Gasteiger partial charge on any atom is -0.349 e. The summed E-state index contributed by atoms with van der Waals surface area (Å²) < 4.78 is 0. The number of hydrogen-bond donors (Lipinski definition) is 1. The normalized spacial score (nSPS) is 21.9. The molecule has 2 fully saturated rings. The highest BCUT2D eigenvalue weighted by molar-refractivity contribution is 5.79. The van der Waals surface area contributed by atoms with E-state index in [9.17, 15) is 4.79 Å². The fraction of sp³-hybridized carbons (Fsp3) is 0.588. The molecule has 0 saturated heterocycles. The van der Waals surface area contributed by atoms with Crippen molar-refractivity contribution in [2.24, 2.45) is 11.8 Å². The van der Waals surface area contributed by atoms with Gasteiger partial charge in [-0.2, -0.15) is 0 Å². The Hall–Kier alpha value is -1.31. The molecule has 19 heavy (non-hydrogen) atoms. The van der Waals surface area contributed by atoms with Crippen LogP contribution in [-0.2, 0) is 4.79 Å². The van der Waals surface area contributed by atoms with Gasteiger partial charge in [0.25, 0.3) is 0 Å². The Balaban J connectivity index is 1.66. The Labute approximate surface area is 115 Å². The minimum atomic E-state index is 0.246. The second-order valence-corrected chi connectivity index (χ2v) is 6.07. The number of nitrogens with one attached hydrogen (secondary N) is 1. The van der Waals surface area contributed by atoms with Gasteiger partial charge in [-0.1, -0.05) is 49.6 Å². The molecule has 2 aliphatic rings. The standard InChI is InChI=1S/C17H23NO/c19-17(15-9-5-2-6-10-15)18-16(14-11-12-14)13-7-3-1-4-8-13/h1,3-4,7-8,14-16H,2,5-6,9-12H2,(H,18,19)/t16-/m0/s1. The molecule has 0 bridgehead atoms. The van der Waals surface area contributed by atoms with E-state index in [1.807, 2.05) is 6.07 Å². The van der Waals surface area contributed by atoms with E-state index in [4.69, 9.17) is 0 Å². The highest BCUT2D eigenvalue weighted by Crippen LogP contribution is 2.41. The molecule has 2 nitrogen and oxygen atoms in total. The first kappa shape index (κ1) is 12.7. The van der Waals surface area contributed by atoms with E-state index in [1.54, 1.807) is 0 Å². The predicted molar refractivity (Wildman–Crippen MR) is 76.6 cm³/mol. The molecule has 0 radical (unpaired) electrons. The topological polar surface area (TPSA) is 29.1 Å². The first-order valence-electron chi connectivity index (χ1n) is 7.70. The molecular formula is C17H23NO. The lowest BCUT2D eigenvalue weighted by Gasteiger charge is -2.25. The van der Waals surface area contributed by atoms with E-state index in [2.05, 4.69) is 29.6 Å². The summed E-state index contributed by atoms with van der Waals surface area (Å²) in [5.41, 5.74) is 1.27. The fourth-order valence-electron chi connectivity index (χ4n) is 3.20. The summed E-state index contributed by atoms with van der Waals surface area (Å²) in [6.07, 6.45) is 8.41. The van der Waals surface area contributed by atoms with E-state index in [0.29, 0.717) is 11.8 Å². The Morgan fingerprint density at radius 2 is 1.68 bits per heavy atom. The molecule has 3 rings (SSSR count). The van der Waals surface area contributed by atoms with Gasteiger partial charge >= 0.3 is 0 Å². The maximum Gasteiger partial charge on any atom is 0.223 e. The van der Waals surface area contributed by atoms with Gasteiger partial charge in [0.05, 0.1) is 6.04 Å². The molecule has 0 unspecified atom stereocenters. The maximum atomic E-state index is 12.4. The number of hydrogen-bond acceptors (Lipinski definition) is 1. The fourth-order valence-corrected chi connectivity index (χ4v) is 3.20. The molecule has 1 amide bonds. The van der Waals surface area contributed by atoms with Crippen LogP contribution in [0.1, 0.15) is 56.6 Å². The van der Waals surface area contributed by atoms with Crippen LogP contribution in [-0.4, -0.2) is 5.91 Å². The van der Waals surface area contributed by atoms with Gasteiger partial charge in [0.2, 0.25) is 5.91 Å². The van der Waals surface area contributed by atoms with E-state index in [-0.39, 0.29) is 12.0 Å². The van der Waals surface area contributed by atoms with Gasteiger partial charge in [0, 0.05) is 5.92 Å². The van der Waals surface area contributed by atoms with E-state index < -0.39 is 0 Å². The van der Waals surface area contributed by atoms with Crippen molar-refractivity contribution in [3.8, 4) is 0 Å². The van der Waals surface area contributed by atoms with Crippen molar-refractivity contribution in [3.05, 3.63) is 35.9 Å². The van der Waals surface area contributed by atoms with Gasteiger partial charge < -0.3 is 5.32 Å². The lowest BCUT2D eigenvalue weighted by molar-refractivity contribution is -0.126. The lowest BCUT2D eigenvalue weighted by atomic mass is 9.88. The second-order valence-electron chi connectivity index (χ2n) is 6.07. The monoisotopic (exact) mass is 257 g/mol. The van der Waals surface area contributed by atoms with Crippen molar-refractivity contribution in [1.82, 2.24) is 5.32 Å². The summed E-state index contributed by atoms with van der Waals surface area (Å²) in [5.74, 6) is 1.22. The Morgan fingerprint density at radius 1 is 1.00 bits per heavy atom. The molecule has 1 N–H and O–H groups in total. The number of amides is 1. The van der Waals surface area contributed by atoms with Gasteiger partial charge in [-0.05, 0) is 37.2 Å². The molecule has 1 aromatic rings. The van der Waals surface area contributed by atoms with Crippen LogP contribution in [0, 0.1) is 11.8 Å². The van der Waals surface area contributed by atoms with Crippen LogP contribution >= 0.6 is 0 Å². The van der Waals surface area contributed by atoms with Crippen molar-refractivity contribution in [2.75, 3.05) is 0 Å². The summed E-state index contributed by atoms with van der Waals surface area (Å²) in [5, 5.41) is 3.33. The van der Waals surface area contributed by atoms with Crippen molar-refractivity contribution in [2.45, 2.75) is 51.0 Å². The highest BCUT2D eigenvalue weighted by atomic mass is 16.1. The summed E-state index contributed by atoms with van der Waals surface area (Å²) in [7, 11) is 0. The zero-order valence-electron chi connectivity index (χ0n) is 11.5. The summed E-state index contributed by atoms with van der Waals surface area (Å²) in [4.78, 5) is 12.4. The molecule has 1 aromatic carbocycles. The lowest BCUT2D eigenvalue weighted by Crippen LogP contribution is -2.35. The molecule has 2 heteroatoms. The Kier molecular flexibility index (Phi) is 3.86. The number of benzene rings is 1. The number of carbonyl (C=O) groups is 1. The quantitative estimate of drug-likeness (QED) is 0.872. The van der Waals surface area contributed by atoms with Crippen LogP contribution in [0.15, 0.2) is 30.3 Å². The molecule has 2 saturated carbocycles. The smallest absolute Gasteiger partial charge is 0.223 e. The van der Waals surface area contributed by atoms with E-state index in [0.717, 1.165) is 12.8 Å². The average molecular weight is 257 g/mol. The van der Waals surface area contributed by atoms with Crippen LogP contribution in [0.25, 0.3) is 0 Å². The van der Waals surface area contributed by atoms with Gasteiger partial charge in [-0.25, -0.2) is 0 Å². The second kappa shape index (κ2) is 5.77. The summed E-state index contributed by atoms with van der Waals surface area (Å²) in [6.45, 7) is 0. The molecule has 1 atom stereocenters. The average Bonchev–Trinajstić information content (AvgIpc) is 3.31. The summed E-state index contributed by atoms with van der Waals surface area (Å²) in [6, 6.07) is 10.7. The van der Waals surface area contributed by atoms with Crippen LogP contribution in [0.5, 0.6) is 0 Å². The summed E-state index contributed by atoms with van der Waals surface area (Å²) >= 11 is 0. The molecule has 0 aromatic heterocycles. The highest BCUT2D eigenvalue weighted by Gasteiger charge is 2.34. The van der Waals surface area contributed by atoms with Crippen LogP contribution < -0.4 is 5.32 Å². The number of carbonyl (C=O) groups excluding carboxylic acids is 1. The van der Waals surface area contributed by atoms with Crippen molar-refractivity contribution in [3.63, 3.8) is 0 Å². The zero-order chi connectivity index (χ0) is 13.1. The van der Waals surface area contributed by atoms with Crippen LogP contribution in [0.4, 0.5) is 0 Å². The minimum absolute atomic E-state index is 0.246. The largest absolute Gasteiger partial charge is 0.349 e. The van der Waals surface area contributed by atoms with Gasteiger partial charge in [-0.15, -0.1) is 0 Å². The predicted octanol–water partition coefficient (Wildman–Crippen LogP) is 3.83. The van der Waals surface area contributed by atoms with Crippen LogP contribution in [0.2, 0.25) is 0 Å². The van der Waals surface area contributed by atoms with Crippen LogP contribution in [0.3, 0.4) is 0 Å². The third-order valence-corrected chi connectivity index (χ3v) is 4.53. The SMILES string of the molecule is O=C(N[C@@H](c1ccccc1)C1CC1)C1CCCCC1. The molecular weight excluding hydrogens is 234 g/mol. The van der Waals surface area contributed by atoms with Crippen molar-refractivity contribution >= 4 is 5.91 Å². The molecule has 102 valence electrons. The van der Waals surface area contributed by atoms with E-state index in [1.165, 1.54) is 37.7 Å². The Bertz CT molecular complexity index is 418.